The average molecular weight is 268 g/mol. The Balaban J connectivity index is 2.04. The molecule has 2 aliphatic carbocycles. The molecule has 2 saturated carbocycles. The predicted molar refractivity (Wildman–Crippen MR) is 69.3 cm³/mol. The summed E-state index contributed by atoms with van der Waals surface area (Å²) in [5.41, 5.74) is -1.46. The molecular weight excluding hydrogens is 244 g/mol. The minimum absolute atomic E-state index is 0.141. The van der Waals surface area contributed by atoms with Crippen molar-refractivity contribution in [1.82, 2.24) is 0 Å². The van der Waals surface area contributed by atoms with Gasteiger partial charge in [0.25, 0.3) is 0 Å². The van der Waals surface area contributed by atoms with Crippen LogP contribution in [0, 0.1) is 22.7 Å². The second-order valence-electron chi connectivity index (χ2n) is 7.62. The number of rotatable bonds is 0. The van der Waals surface area contributed by atoms with Gasteiger partial charge in [-0.2, -0.15) is 0 Å². The second-order valence-corrected chi connectivity index (χ2v) is 7.62. The van der Waals surface area contributed by atoms with Crippen LogP contribution in [0.1, 0.15) is 46.5 Å². The lowest BCUT2D eigenvalue weighted by molar-refractivity contribution is -0.188. The molecule has 3 fully saturated rings. The Morgan fingerprint density at radius 3 is 2.58 bits per heavy atom. The zero-order valence-corrected chi connectivity index (χ0v) is 12.0. The van der Waals surface area contributed by atoms with E-state index in [1.165, 1.54) is 0 Å². The van der Waals surface area contributed by atoms with E-state index in [4.69, 9.17) is 4.74 Å². The maximum atomic E-state index is 12.1. The molecule has 3 aliphatic rings. The second kappa shape index (κ2) is 3.73. The Hall–Kier alpha value is -0.610. The molecule has 0 aromatic rings. The summed E-state index contributed by atoms with van der Waals surface area (Å²) in [7, 11) is 0. The van der Waals surface area contributed by atoms with E-state index in [0.29, 0.717) is 12.8 Å². The van der Waals surface area contributed by atoms with Gasteiger partial charge < -0.3 is 14.9 Å². The number of cyclic esters (lactones) is 1. The number of fused-ring (bicyclic) bond motifs is 3. The standard InChI is InChI=1S/C15H24O4/c1-13(2)9-4-7-15(18)8-19-12(17)11(15)14(9,3)6-5-10(13)16/h9-11,16,18H,4-8H2,1-3H3. The van der Waals surface area contributed by atoms with Gasteiger partial charge in [-0.05, 0) is 42.4 Å². The molecule has 0 bridgehead atoms. The lowest BCUT2D eigenvalue weighted by atomic mass is 9.45. The van der Waals surface area contributed by atoms with Crippen LogP contribution in [0.3, 0.4) is 0 Å². The van der Waals surface area contributed by atoms with Crippen LogP contribution in [-0.4, -0.2) is 34.5 Å². The molecule has 4 heteroatoms. The Morgan fingerprint density at radius 2 is 1.89 bits per heavy atom. The maximum absolute atomic E-state index is 12.1. The van der Waals surface area contributed by atoms with Crippen molar-refractivity contribution >= 4 is 5.97 Å². The summed E-state index contributed by atoms with van der Waals surface area (Å²) in [4.78, 5) is 12.1. The molecule has 0 spiro atoms. The van der Waals surface area contributed by atoms with E-state index >= 15 is 0 Å². The first-order valence-electron chi connectivity index (χ1n) is 7.29. The van der Waals surface area contributed by atoms with Gasteiger partial charge in [-0.1, -0.05) is 20.8 Å². The molecule has 1 aliphatic heterocycles. The largest absolute Gasteiger partial charge is 0.462 e. The summed E-state index contributed by atoms with van der Waals surface area (Å²) < 4.78 is 5.16. The number of ether oxygens (including phenoxy) is 1. The van der Waals surface area contributed by atoms with Gasteiger partial charge in [0.05, 0.1) is 12.0 Å². The predicted octanol–water partition coefficient (Wildman–Crippen LogP) is 1.49. The number of carbonyl (C=O) groups excluding carboxylic acids is 1. The van der Waals surface area contributed by atoms with Gasteiger partial charge in [-0.25, -0.2) is 0 Å². The minimum Gasteiger partial charge on any atom is -0.462 e. The van der Waals surface area contributed by atoms with Crippen LogP contribution in [0.15, 0.2) is 0 Å². The van der Waals surface area contributed by atoms with Crippen molar-refractivity contribution in [2.24, 2.45) is 22.7 Å². The van der Waals surface area contributed by atoms with Crippen LogP contribution >= 0.6 is 0 Å². The number of aliphatic hydroxyl groups excluding tert-OH is 1. The Morgan fingerprint density at radius 1 is 1.21 bits per heavy atom. The zero-order valence-electron chi connectivity index (χ0n) is 12.0. The van der Waals surface area contributed by atoms with Crippen LogP contribution in [0.4, 0.5) is 0 Å². The van der Waals surface area contributed by atoms with E-state index in [-0.39, 0.29) is 35.4 Å². The lowest BCUT2D eigenvalue weighted by Gasteiger charge is -2.59. The average Bonchev–Trinajstić information content (AvgIpc) is 2.62. The Labute approximate surface area is 114 Å². The van der Waals surface area contributed by atoms with Crippen LogP contribution < -0.4 is 0 Å². The third-order valence-electron chi connectivity index (χ3n) is 6.27. The number of hydrogen-bond acceptors (Lipinski definition) is 4. The van der Waals surface area contributed by atoms with E-state index in [9.17, 15) is 15.0 Å². The van der Waals surface area contributed by atoms with E-state index < -0.39 is 11.5 Å². The van der Waals surface area contributed by atoms with Gasteiger partial charge in [0, 0.05) is 0 Å². The summed E-state index contributed by atoms with van der Waals surface area (Å²) in [6.07, 6.45) is 2.60. The van der Waals surface area contributed by atoms with Crippen molar-refractivity contribution < 1.29 is 19.7 Å². The van der Waals surface area contributed by atoms with Crippen molar-refractivity contribution in [3.8, 4) is 0 Å². The molecule has 108 valence electrons. The van der Waals surface area contributed by atoms with Crippen LogP contribution in [0.25, 0.3) is 0 Å². The normalized spacial score (nSPS) is 52.3. The molecule has 5 atom stereocenters. The van der Waals surface area contributed by atoms with Crippen molar-refractivity contribution in [2.75, 3.05) is 6.61 Å². The third-order valence-corrected chi connectivity index (χ3v) is 6.27. The summed E-state index contributed by atoms with van der Waals surface area (Å²) >= 11 is 0. The van der Waals surface area contributed by atoms with Gasteiger partial charge in [-0.15, -0.1) is 0 Å². The molecule has 1 saturated heterocycles. The van der Waals surface area contributed by atoms with E-state index in [2.05, 4.69) is 20.8 Å². The molecule has 0 amide bonds. The maximum Gasteiger partial charge on any atom is 0.312 e. The van der Waals surface area contributed by atoms with Crippen molar-refractivity contribution in [2.45, 2.75) is 58.2 Å². The van der Waals surface area contributed by atoms with Crippen molar-refractivity contribution in [3.63, 3.8) is 0 Å². The summed E-state index contributed by atoms with van der Waals surface area (Å²) in [5.74, 6) is -0.424. The summed E-state index contributed by atoms with van der Waals surface area (Å²) in [6, 6.07) is 0. The fourth-order valence-corrected chi connectivity index (χ4v) is 5.20. The first-order valence-corrected chi connectivity index (χ1v) is 7.29. The summed E-state index contributed by atoms with van der Waals surface area (Å²) in [6.45, 7) is 6.42. The van der Waals surface area contributed by atoms with Crippen LogP contribution in [0.2, 0.25) is 0 Å². The van der Waals surface area contributed by atoms with Gasteiger partial charge in [0.1, 0.15) is 12.2 Å². The topological polar surface area (TPSA) is 66.8 Å². The zero-order chi connectivity index (χ0) is 14.1. The highest BCUT2D eigenvalue weighted by Crippen LogP contribution is 2.63. The number of carbonyl (C=O) groups is 1. The molecule has 3 rings (SSSR count). The van der Waals surface area contributed by atoms with Gasteiger partial charge in [0.2, 0.25) is 0 Å². The molecule has 0 radical (unpaired) electrons. The highest BCUT2D eigenvalue weighted by atomic mass is 16.6. The first kappa shape index (κ1) is 13.4. The van der Waals surface area contributed by atoms with Gasteiger partial charge >= 0.3 is 5.97 Å². The van der Waals surface area contributed by atoms with E-state index in [1.54, 1.807) is 0 Å². The van der Waals surface area contributed by atoms with Crippen LogP contribution in [0.5, 0.6) is 0 Å². The molecule has 5 unspecified atom stereocenters. The molecule has 19 heavy (non-hydrogen) atoms. The fourth-order valence-electron chi connectivity index (χ4n) is 5.20. The van der Waals surface area contributed by atoms with Crippen molar-refractivity contribution in [1.29, 1.82) is 0 Å². The molecule has 0 aromatic carbocycles. The van der Waals surface area contributed by atoms with Gasteiger partial charge in [0.15, 0.2) is 0 Å². The van der Waals surface area contributed by atoms with Crippen LogP contribution in [-0.2, 0) is 9.53 Å². The number of esters is 1. The fraction of sp³-hybridized carbons (Fsp3) is 0.933. The highest BCUT2D eigenvalue weighted by Gasteiger charge is 2.66. The SMILES string of the molecule is CC1(C)C(O)CCC2(C)C3C(=O)OCC3(O)CCC12. The monoisotopic (exact) mass is 268 g/mol. The van der Waals surface area contributed by atoms with Gasteiger partial charge in [-0.3, -0.25) is 4.79 Å². The summed E-state index contributed by atoms with van der Waals surface area (Å²) in [5, 5.41) is 21.0. The molecule has 1 heterocycles. The number of aliphatic hydroxyl groups is 2. The van der Waals surface area contributed by atoms with E-state index in [1.807, 2.05) is 0 Å². The van der Waals surface area contributed by atoms with Crippen molar-refractivity contribution in [3.05, 3.63) is 0 Å². The minimum atomic E-state index is -0.985. The molecule has 0 aromatic heterocycles. The first-order chi connectivity index (χ1) is 8.72. The molecule has 4 nitrogen and oxygen atoms in total. The third kappa shape index (κ3) is 1.56. The molecule has 2 N–H and O–H groups in total. The Bertz CT molecular complexity index is 418. The quantitative estimate of drug-likeness (QED) is 0.653. The molecular formula is C15H24O4. The smallest absolute Gasteiger partial charge is 0.312 e. The Kier molecular flexibility index (Phi) is 2.63. The highest BCUT2D eigenvalue weighted by molar-refractivity contribution is 5.77. The number of hydrogen-bond donors (Lipinski definition) is 2. The van der Waals surface area contributed by atoms with E-state index in [0.717, 1.165) is 12.8 Å². The lowest BCUT2D eigenvalue weighted by Crippen LogP contribution is -2.61.